The topological polar surface area (TPSA) is 35.6 Å². The molecule has 0 aromatic carbocycles. The zero-order valence-electron chi connectivity index (χ0n) is 12.8. The summed E-state index contributed by atoms with van der Waals surface area (Å²) in [5.74, 6) is 0. The van der Waals surface area contributed by atoms with Gasteiger partial charge in [-0.15, -0.1) is 0 Å². The largest absolute Gasteiger partial charge is 0.335 e. The van der Waals surface area contributed by atoms with Crippen molar-refractivity contribution in [1.29, 1.82) is 0 Å². The summed E-state index contributed by atoms with van der Waals surface area (Å²) in [6.45, 7) is 8.82. The molecule has 0 bridgehead atoms. The van der Waals surface area contributed by atoms with Crippen molar-refractivity contribution in [2.75, 3.05) is 33.7 Å². The van der Waals surface area contributed by atoms with E-state index in [9.17, 15) is 4.79 Å². The van der Waals surface area contributed by atoms with Crippen LogP contribution in [0.15, 0.2) is 0 Å². The predicted molar refractivity (Wildman–Crippen MR) is 77.9 cm³/mol. The number of carbonyl (C=O) groups excluding carboxylic acids is 1. The molecule has 1 atom stereocenters. The standard InChI is InChI=1S/C14H31N3O/c1-6-9-10-13(7-2)15-14(18)17(8-3)12-11-16(4)5/h13H,6-12H2,1-5H3,(H,15,18). The fraction of sp³-hybridized carbons (Fsp3) is 0.929. The van der Waals surface area contributed by atoms with Gasteiger partial charge in [0, 0.05) is 25.7 Å². The van der Waals surface area contributed by atoms with Gasteiger partial charge in [-0.05, 0) is 33.9 Å². The van der Waals surface area contributed by atoms with E-state index in [1.165, 1.54) is 12.8 Å². The lowest BCUT2D eigenvalue weighted by atomic mass is 10.1. The number of hydrogen-bond donors (Lipinski definition) is 1. The van der Waals surface area contributed by atoms with E-state index in [4.69, 9.17) is 0 Å². The van der Waals surface area contributed by atoms with Crippen LogP contribution >= 0.6 is 0 Å². The number of carbonyl (C=O) groups is 1. The molecule has 0 saturated heterocycles. The third-order valence-electron chi connectivity index (χ3n) is 3.21. The van der Waals surface area contributed by atoms with E-state index in [1.807, 2.05) is 25.9 Å². The highest BCUT2D eigenvalue weighted by atomic mass is 16.2. The van der Waals surface area contributed by atoms with Gasteiger partial charge in [0.1, 0.15) is 0 Å². The quantitative estimate of drug-likeness (QED) is 0.689. The molecule has 4 nitrogen and oxygen atoms in total. The minimum Gasteiger partial charge on any atom is -0.335 e. The van der Waals surface area contributed by atoms with Gasteiger partial charge in [-0.2, -0.15) is 0 Å². The molecule has 0 heterocycles. The molecule has 0 radical (unpaired) electrons. The van der Waals surface area contributed by atoms with Gasteiger partial charge in [0.15, 0.2) is 0 Å². The lowest BCUT2D eigenvalue weighted by Crippen LogP contribution is -2.46. The Kier molecular flexibility index (Phi) is 9.74. The first-order chi connectivity index (χ1) is 8.54. The minimum absolute atomic E-state index is 0.0855. The normalized spacial score (nSPS) is 12.6. The highest BCUT2D eigenvalue weighted by Crippen LogP contribution is 2.05. The zero-order chi connectivity index (χ0) is 14.0. The fourth-order valence-electron chi connectivity index (χ4n) is 1.82. The number of nitrogens with zero attached hydrogens (tertiary/aromatic N) is 2. The van der Waals surface area contributed by atoms with Crippen molar-refractivity contribution in [2.24, 2.45) is 0 Å². The van der Waals surface area contributed by atoms with E-state index in [2.05, 4.69) is 24.1 Å². The summed E-state index contributed by atoms with van der Waals surface area (Å²) in [5, 5.41) is 3.14. The molecule has 0 fully saturated rings. The van der Waals surface area contributed by atoms with E-state index >= 15 is 0 Å². The van der Waals surface area contributed by atoms with Crippen LogP contribution in [0.25, 0.3) is 0 Å². The van der Waals surface area contributed by atoms with Crippen LogP contribution in [-0.2, 0) is 0 Å². The Morgan fingerprint density at radius 3 is 2.28 bits per heavy atom. The SMILES string of the molecule is CCCCC(CC)NC(=O)N(CC)CCN(C)C. The predicted octanol–water partition coefficient (Wildman–Crippen LogP) is 2.55. The Labute approximate surface area is 113 Å². The lowest BCUT2D eigenvalue weighted by Gasteiger charge is -2.26. The molecule has 1 N–H and O–H groups in total. The van der Waals surface area contributed by atoms with Crippen LogP contribution in [0.2, 0.25) is 0 Å². The number of nitrogens with one attached hydrogen (secondary N) is 1. The molecule has 4 heteroatoms. The Morgan fingerprint density at radius 1 is 1.17 bits per heavy atom. The van der Waals surface area contributed by atoms with Gasteiger partial charge in [-0.1, -0.05) is 26.7 Å². The van der Waals surface area contributed by atoms with E-state index in [1.54, 1.807) is 0 Å². The molecule has 18 heavy (non-hydrogen) atoms. The maximum absolute atomic E-state index is 12.1. The van der Waals surface area contributed by atoms with Crippen LogP contribution in [0.1, 0.15) is 46.5 Å². The summed E-state index contributed by atoms with van der Waals surface area (Å²) >= 11 is 0. The monoisotopic (exact) mass is 257 g/mol. The van der Waals surface area contributed by atoms with Gasteiger partial charge in [-0.3, -0.25) is 0 Å². The van der Waals surface area contributed by atoms with Crippen molar-refractivity contribution in [1.82, 2.24) is 15.1 Å². The second-order valence-electron chi connectivity index (χ2n) is 5.08. The van der Waals surface area contributed by atoms with Gasteiger partial charge in [-0.25, -0.2) is 4.79 Å². The van der Waals surface area contributed by atoms with Crippen molar-refractivity contribution in [2.45, 2.75) is 52.5 Å². The first-order valence-corrected chi connectivity index (χ1v) is 7.25. The average molecular weight is 257 g/mol. The Balaban J connectivity index is 4.14. The molecule has 0 aromatic rings. The Hall–Kier alpha value is -0.770. The van der Waals surface area contributed by atoms with Crippen LogP contribution < -0.4 is 5.32 Å². The van der Waals surface area contributed by atoms with Crippen molar-refractivity contribution < 1.29 is 4.79 Å². The number of rotatable bonds is 9. The van der Waals surface area contributed by atoms with E-state index in [0.29, 0.717) is 6.04 Å². The van der Waals surface area contributed by atoms with Crippen LogP contribution in [0.4, 0.5) is 4.79 Å². The molecule has 0 aliphatic rings. The summed E-state index contributed by atoms with van der Waals surface area (Å²) in [6, 6.07) is 0.410. The molecule has 2 amide bonds. The first kappa shape index (κ1) is 17.2. The number of unbranched alkanes of at least 4 members (excludes halogenated alkanes) is 1. The van der Waals surface area contributed by atoms with Gasteiger partial charge in [0.25, 0.3) is 0 Å². The Morgan fingerprint density at radius 2 is 1.83 bits per heavy atom. The van der Waals surface area contributed by atoms with Gasteiger partial charge >= 0.3 is 6.03 Å². The molecule has 0 aliphatic carbocycles. The summed E-state index contributed by atoms with van der Waals surface area (Å²) in [6.07, 6.45) is 4.47. The maximum Gasteiger partial charge on any atom is 0.317 e. The average Bonchev–Trinajstić information content (AvgIpc) is 2.34. The first-order valence-electron chi connectivity index (χ1n) is 7.25. The van der Waals surface area contributed by atoms with Crippen LogP contribution in [-0.4, -0.2) is 55.6 Å². The van der Waals surface area contributed by atoms with Crippen molar-refractivity contribution in [3.63, 3.8) is 0 Å². The highest BCUT2D eigenvalue weighted by molar-refractivity contribution is 5.74. The molecule has 0 spiro atoms. The van der Waals surface area contributed by atoms with Gasteiger partial charge in [0.05, 0.1) is 0 Å². The van der Waals surface area contributed by atoms with Gasteiger partial charge in [0.2, 0.25) is 0 Å². The molecular formula is C14H31N3O. The van der Waals surface area contributed by atoms with E-state index in [-0.39, 0.29) is 6.03 Å². The molecule has 0 aliphatic heterocycles. The van der Waals surface area contributed by atoms with Crippen molar-refractivity contribution >= 4 is 6.03 Å². The number of likely N-dealkylation sites (N-methyl/N-ethyl adjacent to an activating group) is 2. The smallest absolute Gasteiger partial charge is 0.317 e. The minimum atomic E-state index is 0.0855. The van der Waals surface area contributed by atoms with Crippen LogP contribution in [0, 0.1) is 0 Å². The molecule has 0 saturated carbocycles. The second kappa shape index (κ2) is 10.2. The third-order valence-corrected chi connectivity index (χ3v) is 3.21. The van der Waals surface area contributed by atoms with Crippen molar-refractivity contribution in [3.8, 4) is 0 Å². The number of amides is 2. The number of urea groups is 1. The molecule has 108 valence electrons. The van der Waals surface area contributed by atoms with Crippen molar-refractivity contribution in [3.05, 3.63) is 0 Å². The summed E-state index contributed by atoms with van der Waals surface area (Å²) in [5.41, 5.74) is 0. The lowest BCUT2D eigenvalue weighted by molar-refractivity contribution is 0.189. The number of hydrogen-bond acceptors (Lipinski definition) is 2. The van der Waals surface area contributed by atoms with E-state index in [0.717, 1.165) is 32.5 Å². The van der Waals surface area contributed by atoms with Gasteiger partial charge < -0.3 is 15.1 Å². The molecule has 0 rings (SSSR count). The molecular weight excluding hydrogens is 226 g/mol. The van der Waals surface area contributed by atoms with Crippen LogP contribution in [0.5, 0.6) is 0 Å². The second-order valence-corrected chi connectivity index (χ2v) is 5.08. The third kappa shape index (κ3) is 7.54. The van der Waals surface area contributed by atoms with Crippen LogP contribution in [0.3, 0.4) is 0 Å². The summed E-state index contributed by atoms with van der Waals surface area (Å²) in [7, 11) is 4.06. The zero-order valence-corrected chi connectivity index (χ0v) is 12.8. The fourth-order valence-corrected chi connectivity index (χ4v) is 1.82. The summed E-state index contributed by atoms with van der Waals surface area (Å²) in [4.78, 5) is 16.1. The molecule has 1 unspecified atom stereocenters. The maximum atomic E-state index is 12.1. The summed E-state index contributed by atoms with van der Waals surface area (Å²) < 4.78 is 0. The van der Waals surface area contributed by atoms with E-state index < -0.39 is 0 Å². The molecule has 0 aromatic heterocycles. The Bertz CT molecular complexity index is 219. The highest BCUT2D eigenvalue weighted by Gasteiger charge is 2.15.